The monoisotopic (exact) mass is 610 g/mol. The quantitative estimate of drug-likeness (QED) is 0.237. The third-order valence-electron chi connectivity index (χ3n) is 7.69. The van der Waals surface area contributed by atoms with Crippen LogP contribution in [0.5, 0.6) is 0 Å². The first-order valence-corrected chi connectivity index (χ1v) is 15.8. The van der Waals surface area contributed by atoms with E-state index in [1.807, 2.05) is 18.2 Å². The number of nitrogens with two attached hydrogens (primary N) is 1. The zero-order valence-electron chi connectivity index (χ0n) is 23.3. The third-order valence-corrected chi connectivity index (χ3v) is 9.56. The maximum Gasteiger partial charge on any atom is 0.263 e. The average Bonchev–Trinajstić information content (AvgIpc) is 3.35. The summed E-state index contributed by atoms with van der Waals surface area (Å²) in [6.07, 6.45) is 6.78. The van der Waals surface area contributed by atoms with E-state index >= 15 is 4.39 Å². The highest BCUT2D eigenvalue weighted by molar-refractivity contribution is 7.92. The van der Waals surface area contributed by atoms with Crippen LogP contribution in [-0.4, -0.2) is 48.1 Å². The highest BCUT2D eigenvalue weighted by atomic mass is 35.5. The lowest BCUT2D eigenvalue weighted by atomic mass is 9.92. The molecule has 2 aromatic carbocycles. The number of ether oxygens (including phenoxy) is 1. The summed E-state index contributed by atoms with van der Waals surface area (Å²) in [6, 6.07) is 11.1. The Morgan fingerprint density at radius 3 is 2.60 bits per heavy atom. The van der Waals surface area contributed by atoms with Crippen molar-refractivity contribution in [3.05, 3.63) is 77.1 Å². The van der Waals surface area contributed by atoms with Crippen molar-refractivity contribution in [1.82, 2.24) is 19.7 Å². The molecule has 0 spiro atoms. The van der Waals surface area contributed by atoms with Crippen LogP contribution >= 0.6 is 11.6 Å². The topological polar surface area (TPSA) is 124 Å². The van der Waals surface area contributed by atoms with Gasteiger partial charge in [-0.05, 0) is 49.1 Å². The molecule has 0 radical (unpaired) electrons. The van der Waals surface area contributed by atoms with Crippen LogP contribution in [0.4, 0.5) is 15.9 Å². The van der Waals surface area contributed by atoms with Gasteiger partial charge < -0.3 is 15.8 Å². The van der Waals surface area contributed by atoms with Gasteiger partial charge >= 0.3 is 0 Å². The molecule has 0 unspecified atom stereocenters. The summed E-state index contributed by atoms with van der Waals surface area (Å²) in [5.74, 6) is 0.331. The van der Waals surface area contributed by atoms with Crippen molar-refractivity contribution in [2.75, 3.05) is 23.7 Å². The Morgan fingerprint density at radius 1 is 1.17 bits per heavy atom. The van der Waals surface area contributed by atoms with Gasteiger partial charge in [0.1, 0.15) is 33.6 Å². The minimum Gasteiger partial charge on any atom is -0.382 e. The number of anilines is 2. The van der Waals surface area contributed by atoms with Gasteiger partial charge in [-0.2, -0.15) is 0 Å². The molecule has 2 aliphatic rings. The second kappa shape index (κ2) is 11.3. The molecule has 0 bridgehead atoms. The molecule has 0 amide bonds. The molecule has 6 rings (SSSR count). The number of nitrogen functional groups attached to an aromatic ring is 1. The van der Waals surface area contributed by atoms with Crippen LogP contribution in [0.3, 0.4) is 0 Å². The van der Waals surface area contributed by atoms with Crippen LogP contribution in [0.15, 0.2) is 59.6 Å². The molecule has 1 aliphatic carbocycles. The molecule has 1 aliphatic heterocycles. The number of hydrogen-bond acceptors (Lipinski definition) is 7. The molecule has 3 heterocycles. The smallest absolute Gasteiger partial charge is 0.263 e. The number of nitrogens with one attached hydrogen (secondary N) is 2. The predicted octanol–water partition coefficient (Wildman–Crippen LogP) is 5.62. The molecule has 1 saturated heterocycles. The molecule has 12 heteroatoms. The van der Waals surface area contributed by atoms with Gasteiger partial charge in [-0.25, -0.2) is 22.8 Å². The van der Waals surface area contributed by atoms with Gasteiger partial charge in [-0.3, -0.25) is 9.12 Å². The fourth-order valence-corrected chi connectivity index (χ4v) is 7.06. The summed E-state index contributed by atoms with van der Waals surface area (Å²) in [4.78, 5) is 9.29. The largest absolute Gasteiger partial charge is 0.382 e. The Balaban J connectivity index is 1.36. The average molecular weight is 611 g/mol. The van der Waals surface area contributed by atoms with Gasteiger partial charge in [0.05, 0.1) is 41.9 Å². The van der Waals surface area contributed by atoms with Crippen LogP contribution in [0.1, 0.15) is 50.5 Å². The molecule has 4 N–H and O–H groups in total. The molecule has 220 valence electrons. The zero-order valence-corrected chi connectivity index (χ0v) is 24.8. The van der Waals surface area contributed by atoms with Gasteiger partial charge in [0.25, 0.3) is 10.0 Å². The number of rotatable bonds is 8. The van der Waals surface area contributed by atoms with Crippen LogP contribution in [0.25, 0.3) is 22.3 Å². The number of nitrogens with zero attached hydrogens (tertiary/aromatic N) is 3. The van der Waals surface area contributed by atoms with E-state index in [4.69, 9.17) is 27.1 Å². The number of benzene rings is 2. The Bertz CT molecular complexity index is 1800. The van der Waals surface area contributed by atoms with E-state index in [-0.39, 0.29) is 27.3 Å². The van der Waals surface area contributed by atoms with E-state index in [1.54, 1.807) is 24.4 Å². The van der Waals surface area contributed by atoms with Crippen molar-refractivity contribution in [2.24, 2.45) is 0 Å². The van der Waals surface area contributed by atoms with E-state index in [9.17, 15) is 8.42 Å². The van der Waals surface area contributed by atoms with E-state index in [0.717, 1.165) is 49.6 Å². The standard InChI is InChI=1S/C30H32ClFN6O3S/c1-17(2)30-36-27(19-9-12-24(23(32)13-19)37-42(39,40)26-6-4-3-5-22(26)31)28-29(33)34-14-25(38(28)30)18-7-10-20(11-8-18)35-21-15-41-16-21/h3-7,9,12-14,17,20-21,35,37H,8,10-11,15-16H2,1-2H3,(H2,33,34)/t20-/m1/s1. The van der Waals surface area contributed by atoms with Crippen molar-refractivity contribution >= 4 is 44.2 Å². The van der Waals surface area contributed by atoms with Crippen LogP contribution in [0.2, 0.25) is 5.02 Å². The van der Waals surface area contributed by atoms with Gasteiger partial charge in [-0.1, -0.05) is 49.7 Å². The van der Waals surface area contributed by atoms with Gasteiger partial charge in [-0.15, -0.1) is 0 Å². The number of halogens is 2. The minimum atomic E-state index is -4.11. The second-order valence-electron chi connectivity index (χ2n) is 11.0. The molecular weight excluding hydrogens is 579 g/mol. The van der Waals surface area contributed by atoms with E-state index in [2.05, 4.69) is 21.1 Å². The number of imidazole rings is 1. The van der Waals surface area contributed by atoms with Crippen LogP contribution in [0, 0.1) is 5.82 Å². The normalized spacial score (nSPS) is 17.8. The number of fused-ring (bicyclic) bond motifs is 1. The summed E-state index contributed by atoms with van der Waals surface area (Å²) >= 11 is 6.07. The maximum atomic E-state index is 15.4. The summed E-state index contributed by atoms with van der Waals surface area (Å²) < 4.78 is 50.8. The molecular formula is C30H32ClFN6O3S. The summed E-state index contributed by atoms with van der Waals surface area (Å²) in [5.41, 5.74) is 9.81. The summed E-state index contributed by atoms with van der Waals surface area (Å²) in [5, 5.41) is 3.70. The highest BCUT2D eigenvalue weighted by Crippen LogP contribution is 2.37. The third kappa shape index (κ3) is 5.37. The lowest BCUT2D eigenvalue weighted by Gasteiger charge is -2.33. The van der Waals surface area contributed by atoms with Gasteiger partial charge in [0.15, 0.2) is 0 Å². The molecule has 4 aromatic rings. The lowest BCUT2D eigenvalue weighted by Crippen LogP contribution is -2.50. The SMILES string of the molecule is CC(C)c1nc(-c2ccc(NS(=O)(=O)c3ccccc3Cl)c(F)c2)c2c(N)ncc(C3=CC[C@@H](NC4COC4)CC3)n12. The van der Waals surface area contributed by atoms with Crippen molar-refractivity contribution < 1.29 is 17.5 Å². The fraction of sp³-hybridized carbons (Fsp3) is 0.333. The van der Waals surface area contributed by atoms with Crippen molar-refractivity contribution in [3.8, 4) is 11.3 Å². The molecule has 1 atom stereocenters. The Labute approximate surface area is 249 Å². The first-order chi connectivity index (χ1) is 20.1. The fourth-order valence-electron chi connectivity index (χ4n) is 5.47. The number of sulfonamides is 1. The maximum absolute atomic E-state index is 15.4. The first kappa shape index (κ1) is 28.6. The Hall–Kier alpha value is -3.51. The highest BCUT2D eigenvalue weighted by Gasteiger charge is 2.27. The van der Waals surface area contributed by atoms with Crippen LogP contribution < -0.4 is 15.8 Å². The minimum absolute atomic E-state index is 0.0376. The van der Waals surface area contributed by atoms with Gasteiger partial charge in [0.2, 0.25) is 0 Å². The number of hydrogen-bond donors (Lipinski definition) is 3. The van der Waals surface area contributed by atoms with Crippen molar-refractivity contribution in [3.63, 3.8) is 0 Å². The Morgan fingerprint density at radius 2 is 1.95 bits per heavy atom. The molecule has 1 fully saturated rings. The Kier molecular flexibility index (Phi) is 7.69. The van der Waals surface area contributed by atoms with E-state index < -0.39 is 15.8 Å². The summed E-state index contributed by atoms with van der Waals surface area (Å²) in [6.45, 7) is 5.62. The second-order valence-corrected chi connectivity index (χ2v) is 13.1. The molecule has 9 nitrogen and oxygen atoms in total. The van der Waals surface area contributed by atoms with Gasteiger partial charge in [0, 0.05) is 17.5 Å². The van der Waals surface area contributed by atoms with Crippen molar-refractivity contribution in [2.45, 2.75) is 56.0 Å². The van der Waals surface area contributed by atoms with Crippen molar-refractivity contribution in [1.29, 1.82) is 0 Å². The number of allylic oxidation sites excluding steroid dienone is 1. The van der Waals surface area contributed by atoms with Crippen LogP contribution in [-0.2, 0) is 14.8 Å². The lowest BCUT2D eigenvalue weighted by molar-refractivity contribution is -0.0103. The summed E-state index contributed by atoms with van der Waals surface area (Å²) in [7, 11) is -4.11. The molecule has 2 aromatic heterocycles. The van der Waals surface area contributed by atoms with E-state index in [1.165, 1.54) is 24.3 Å². The van der Waals surface area contributed by atoms with E-state index in [0.29, 0.717) is 28.9 Å². The predicted molar refractivity (Wildman–Crippen MR) is 163 cm³/mol. The first-order valence-electron chi connectivity index (χ1n) is 13.9. The molecule has 0 saturated carbocycles. The molecule has 42 heavy (non-hydrogen) atoms. The zero-order chi connectivity index (χ0) is 29.6. The number of aromatic nitrogens is 3.